The molecule has 0 aromatic rings. The molecule has 2 fully saturated rings. The highest BCUT2D eigenvalue weighted by Crippen LogP contribution is 2.36. The average Bonchev–Trinajstić information content (AvgIpc) is 3.01. The van der Waals surface area contributed by atoms with E-state index in [2.05, 4.69) is 46.1 Å². The van der Waals surface area contributed by atoms with E-state index in [1.165, 1.54) is 56.7 Å². The molecule has 136 valence electrons. The van der Waals surface area contributed by atoms with Crippen molar-refractivity contribution in [2.45, 2.75) is 51.5 Å². The maximum atomic E-state index is 4.39. The predicted octanol–water partition coefficient (Wildman–Crippen LogP) is 3.18. The molecule has 0 amide bonds. The monoisotopic (exact) mass is 454 g/mol. The lowest BCUT2D eigenvalue weighted by Crippen LogP contribution is -2.57. The highest BCUT2D eigenvalue weighted by atomic mass is 127. The van der Waals surface area contributed by atoms with Crippen LogP contribution in [0.4, 0.5) is 0 Å². The lowest BCUT2D eigenvalue weighted by Gasteiger charge is -2.43. The Bertz CT molecular complexity index is 351. The van der Waals surface area contributed by atoms with Crippen LogP contribution < -0.4 is 10.6 Å². The minimum atomic E-state index is 0. The Labute approximate surface area is 164 Å². The van der Waals surface area contributed by atoms with E-state index in [0.29, 0.717) is 5.54 Å². The summed E-state index contributed by atoms with van der Waals surface area (Å²) in [6, 6.07) is 0. The number of halogens is 1. The molecule has 1 saturated carbocycles. The van der Waals surface area contributed by atoms with Crippen LogP contribution in [-0.4, -0.2) is 61.1 Å². The normalized spacial score (nSPS) is 22.0. The van der Waals surface area contributed by atoms with Crippen LogP contribution in [0.1, 0.15) is 46.0 Å². The van der Waals surface area contributed by atoms with Crippen molar-refractivity contribution in [3.63, 3.8) is 0 Å². The van der Waals surface area contributed by atoms with Gasteiger partial charge in [-0.25, -0.2) is 0 Å². The number of aliphatic imine (C=N–C) groups is 1. The smallest absolute Gasteiger partial charge is 0.191 e. The first-order valence-electron chi connectivity index (χ1n) is 8.93. The molecule has 2 aliphatic rings. The summed E-state index contributed by atoms with van der Waals surface area (Å²) in [6.07, 6.45) is 6.63. The van der Waals surface area contributed by atoms with Crippen molar-refractivity contribution in [2.24, 2.45) is 10.9 Å². The van der Waals surface area contributed by atoms with Gasteiger partial charge in [-0.15, -0.1) is 24.0 Å². The molecule has 0 aromatic carbocycles. The molecule has 6 heteroatoms. The molecule has 4 nitrogen and oxygen atoms in total. The molecule has 1 aliphatic heterocycles. The van der Waals surface area contributed by atoms with Gasteiger partial charge in [0.2, 0.25) is 0 Å². The molecular weight excluding hydrogens is 419 g/mol. The van der Waals surface area contributed by atoms with Gasteiger partial charge in [-0.2, -0.15) is 11.8 Å². The largest absolute Gasteiger partial charge is 0.356 e. The molecule has 0 atom stereocenters. The second-order valence-electron chi connectivity index (χ2n) is 7.07. The van der Waals surface area contributed by atoms with Gasteiger partial charge in [0.25, 0.3) is 0 Å². The molecule has 23 heavy (non-hydrogen) atoms. The van der Waals surface area contributed by atoms with E-state index in [-0.39, 0.29) is 24.0 Å². The summed E-state index contributed by atoms with van der Waals surface area (Å²) in [5.74, 6) is 4.29. The van der Waals surface area contributed by atoms with Crippen molar-refractivity contribution in [3.05, 3.63) is 0 Å². The van der Waals surface area contributed by atoms with Gasteiger partial charge in [0, 0.05) is 50.3 Å². The minimum absolute atomic E-state index is 0. The molecule has 0 radical (unpaired) electrons. The Hall–Kier alpha value is 0.310. The Morgan fingerprint density at radius 1 is 1.17 bits per heavy atom. The highest BCUT2D eigenvalue weighted by Gasteiger charge is 2.39. The van der Waals surface area contributed by atoms with Crippen LogP contribution in [-0.2, 0) is 0 Å². The van der Waals surface area contributed by atoms with Crippen molar-refractivity contribution < 1.29 is 0 Å². The van der Waals surface area contributed by atoms with Crippen molar-refractivity contribution in [1.29, 1.82) is 0 Å². The standard InChI is InChI=1S/C17H34N4S.HI/c1-15(2)6-9-19-16(18-3)20-14-17(7-4-5-8-17)21-10-12-22-13-11-21;/h15H,4-14H2,1-3H3,(H2,18,19,20);1H. The van der Waals surface area contributed by atoms with E-state index >= 15 is 0 Å². The van der Waals surface area contributed by atoms with Crippen LogP contribution >= 0.6 is 35.7 Å². The van der Waals surface area contributed by atoms with Gasteiger partial charge in [-0.1, -0.05) is 26.7 Å². The van der Waals surface area contributed by atoms with E-state index < -0.39 is 0 Å². The van der Waals surface area contributed by atoms with Gasteiger partial charge in [0.1, 0.15) is 0 Å². The van der Waals surface area contributed by atoms with Crippen LogP contribution in [0.2, 0.25) is 0 Å². The Morgan fingerprint density at radius 3 is 2.39 bits per heavy atom. The third kappa shape index (κ3) is 6.61. The van der Waals surface area contributed by atoms with E-state index in [4.69, 9.17) is 0 Å². The van der Waals surface area contributed by atoms with Crippen molar-refractivity contribution in [3.8, 4) is 0 Å². The maximum Gasteiger partial charge on any atom is 0.191 e. The summed E-state index contributed by atoms with van der Waals surface area (Å²) in [5, 5.41) is 7.07. The molecule has 0 spiro atoms. The molecule has 0 bridgehead atoms. The first-order chi connectivity index (χ1) is 10.7. The van der Waals surface area contributed by atoms with Gasteiger partial charge in [-0.05, 0) is 25.2 Å². The van der Waals surface area contributed by atoms with Gasteiger partial charge in [0.15, 0.2) is 5.96 Å². The maximum absolute atomic E-state index is 4.39. The van der Waals surface area contributed by atoms with Crippen LogP contribution in [0, 0.1) is 5.92 Å². The number of guanidine groups is 1. The van der Waals surface area contributed by atoms with Crippen LogP contribution in [0.3, 0.4) is 0 Å². The second-order valence-corrected chi connectivity index (χ2v) is 8.29. The number of hydrogen-bond acceptors (Lipinski definition) is 3. The first-order valence-corrected chi connectivity index (χ1v) is 10.1. The zero-order valence-electron chi connectivity index (χ0n) is 15.1. The van der Waals surface area contributed by atoms with Gasteiger partial charge in [-0.3, -0.25) is 9.89 Å². The van der Waals surface area contributed by atoms with Gasteiger partial charge in [0.05, 0.1) is 0 Å². The third-order valence-electron chi connectivity index (χ3n) is 5.04. The van der Waals surface area contributed by atoms with Crippen LogP contribution in [0.5, 0.6) is 0 Å². The van der Waals surface area contributed by atoms with Crippen molar-refractivity contribution in [2.75, 3.05) is 44.7 Å². The molecule has 0 aromatic heterocycles. The summed E-state index contributed by atoms with van der Waals surface area (Å²) in [4.78, 5) is 7.15. The second kappa shape index (κ2) is 11.0. The molecule has 1 saturated heterocycles. The summed E-state index contributed by atoms with van der Waals surface area (Å²) in [5.41, 5.74) is 0.372. The van der Waals surface area contributed by atoms with E-state index in [0.717, 1.165) is 25.0 Å². The molecule has 1 heterocycles. The summed E-state index contributed by atoms with van der Waals surface area (Å²) in [7, 11) is 1.88. The molecule has 2 N–H and O–H groups in total. The fourth-order valence-electron chi connectivity index (χ4n) is 3.62. The van der Waals surface area contributed by atoms with Crippen LogP contribution in [0.25, 0.3) is 0 Å². The fourth-order valence-corrected chi connectivity index (χ4v) is 4.53. The predicted molar refractivity (Wildman–Crippen MR) is 114 cm³/mol. The van der Waals surface area contributed by atoms with E-state index in [1.54, 1.807) is 0 Å². The average molecular weight is 454 g/mol. The van der Waals surface area contributed by atoms with Gasteiger partial charge < -0.3 is 10.6 Å². The summed E-state index contributed by atoms with van der Waals surface area (Å²) < 4.78 is 0. The lowest BCUT2D eigenvalue weighted by molar-refractivity contribution is 0.107. The fraction of sp³-hybridized carbons (Fsp3) is 0.941. The quantitative estimate of drug-likeness (QED) is 0.368. The van der Waals surface area contributed by atoms with Crippen LogP contribution in [0.15, 0.2) is 4.99 Å². The molecule has 0 unspecified atom stereocenters. The molecule has 1 aliphatic carbocycles. The van der Waals surface area contributed by atoms with Crippen molar-refractivity contribution in [1.82, 2.24) is 15.5 Å². The van der Waals surface area contributed by atoms with E-state index in [9.17, 15) is 0 Å². The number of thioether (sulfide) groups is 1. The highest BCUT2D eigenvalue weighted by molar-refractivity contribution is 14.0. The lowest BCUT2D eigenvalue weighted by atomic mass is 9.94. The number of nitrogens with zero attached hydrogens (tertiary/aromatic N) is 2. The molecular formula is C17H35IN4S. The van der Waals surface area contributed by atoms with E-state index in [1.807, 2.05) is 7.05 Å². The van der Waals surface area contributed by atoms with Gasteiger partial charge >= 0.3 is 0 Å². The minimum Gasteiger partial charge on any atom is -0.356 e. The third-order valence-corrected chi connectivity index (χ3v) is 5.98. The number of hydrogen-bond donors (Lipinski definition) is 2. The summed E-state index contributed by atoms with van der Waals surface area (Å²) in [6.45, 7) is 9.08. The Morgan fingerprint density at radius 2 is 1.83 bits per heavy atom. The topological polar surface area (TPSA) is 39.7 Å². The Kier molecular flexibility index (Phi) is 10.2. The number of nitrogens with one attached hydrogen (secondary N) is 2. The zero-order chi connectivity index (χ0) is 15.8. The SMILES string of the molecule is CN=C(NCCC(C)C)NCC1(N2CCSCC2)CCCC1.I. The zero-order valence-corrected chi connectivity index (χ0v) is 18.2. The Balaban J connectivity index is 0.00000264. The summed E-state index contributed by atoms with van der Waals surface area (Å²) >= 11 is 2.10. The molecule has 2 rings (SSSR count). The van der Waals surface area contributed by atoms with Crippen molar-refractivity contribution >= 4 is 41.7 Å². The first kappa shape index (κ1) is 21.4. The number of rotatable bonds is 6.